The van der Waals surface area contributed by atoms with Crippen LogP contribution in [0, 0.1) is 0 Å². The van der Waals surface area contributed by atoms with Crippen LogP contribution in [0.2, 0.25) is 5.02 Å². The molecular formula is C13H17ClNO3+. The topological polar surface area (TPSA) is 40.0 Å². The molecule has 1 heterocycles. The van der Waals surface area contributed by atoms with Gasteiger partial charge in [-0.2, -0.15) is 0 Å². The molecule has 1 saturated heterocycles. The first-order valence-electron chi connectivity index (χ1n) is 6.10. The third kappa shape index (κ3) is 3.70. The first kappa shape index (κ1) is 13.3. The Kier molecular flexibility index (Phi) is 4.99. The molecular weight excluding hydrogens is 254 g/mol. The van der Waals surface area contributed by atoms with E-state index in [1.54, 1.807) is 24.3 Å². The van der Waals surface area contributed by atoms with Crippen molar-refractivity contribution in [3.63, 3.8) is 0 Å². The average Bonchev–Trinajstić information content (AvgIpc) is 2.40. The smallest absolute Gasteiger partial charge is 0.339 e. The van der Waals surface area contributed by atoms with E-state index < -0.39 is 0 Å². The van der Waals surface area contributed by atoms with E-state index in [1.165, 1.54) is 4.90 Å². The maximum absolute atomic E-state index is 11.8. The summed E-state index contributed by atoms with van der Waals surface area (Å²) >= 11 is 5.92. The second-order valence-electron chi connectivity index (χ2n) is 4.23. The van der Waals surface area contributed by atoms with Crippen LogP contribution in [0.3, 0.4) is 0 Å². The Morgan fingerprint density at radius 3 is 2.78 bits per heavy atom. The molecule has 0 saturated carbocycles. The normalized spacial score (nSPS) is 16.5. The van der Waals surface area contributed by atoms with E-state index in [0.29, 0.717) is 17.2 Å². The highest BCUT2D eigenvalue weighted by atomic mass is 35.5. The number of rotatable bonds is 4. The van der Waals surface area contributed by atoms with Gasteiger partial charge in [-0.3, -0.25) is 0 Å². The fraction of sp³-hybridized carbons (Fsp3) is 0.462. The Bertz CT molecular complexity index is 405. The molecule has 0 aliphatic carbocycles. The number of esters is 1. The Morgan fingerprint density at radius 2 is 2.06 bits per heavy atom. The molecule has 18 heavy (non-hydrogen) atoms. The zero-order chi connectivity index (χ0) is 12.8. The van der Waals surface area contributed by atoms with Gasteiger partial charge in [0.2, 0.25) is 0 Å². The van der Waals surface area contributed by atoms with Crippen LogP contribution in [0.25, 0.3) is 0 Å². The molecule has 0 amide bonds. The number of morpholine rings is 1. The quantitative estimate of drug-likeness (QED) is 0.806. The van der Waals surface area contributed by atoms with Crippen molar-refractivity contribution in [2.45, 2.75) is 0 Å². The first-order valence-corrected chi connectivity index (χ1v) is 6.48. The van der Waals surface area contributed by atoms with Crippen LogP contribution in [0.5, 0.6) is 0 Å². The molecule has 1 aromatic carbocycles. The van der Waals surface area contributed by atoms with Gasteiger partial charge in [-0.25, -0.2) is 4.79 Å². The van der Waals surface area contributed by atoms with Crippen molar-refractivity contribution in [3.8, 4) is 0 Å². The van der Waals surface area contributed by atoms with Crippen LogP contribution in [-0.4, -0.2) is 45.4 Å². The van der Waals surface area contributed by atoms with Crippen LogP contribution in [0.1, 0.15) is 10.4 Å². The van der Waals surface area contributed by atoms with E-state index in [-0.39, 0.29) is 5.97 Å². The molecule has 1 fully saturated rings. The van der Waals surface area contributed by atoms with E-state index in [9.17, 15) is 4.79 Å². The van der Waals surface area contributed by atoms with Gasteiger partial charge in [0.05, 0.1) is 23.8 Å². The van der Waals surface area contributed by atoms with E-state index in [0.717, 1.165) is 32.8 Å². The summed E-state index contributed by atoms with van der Waals surface area (Å²) in [4.78, 5) is 13.2. The molecule has 0 aromatic heterocycles. The van der Waals surface area contributed by atoms with Gasteiger partial charge in [-0.15, -0.1) is 0 Å². The van der Waals surface area contributed by atoms with Crippen molar-refractivity contribution in [3.05, 3.63) is 34.9 Å². The van der Waals surface area contributed by atoms with Crippen LogP contribution in [-0.2, 0) is 9.47 Å². The van der Waals surface area contributed by atoms with Gasteiger partial charge in [0.25, 0.3) is 0 Å². The number of benzene rings is 1. The molecule has 98 valence electrons. The maximum Gasteiger partial charge on any atom is 0.339 e. The molecule has 5 heteroatoms. The van der Waals surface area contributed by atoms with Crippen molar-refractivity contribution < 1.29 is 19.2 Å². The van der Waals surface area contributed by atoms with Crippen molar-refractivity contribution in [1.29, 1.82) is 0 Å². The van der Waals surface area contributed by atoms with Crippen LogP contribution >= 0.6 is 11.6 Å². The summed E-state index contributed by atoms with van der Waals surface area (Å²) in [6.45, 7) is 4.76. The lowest BCUT2D eigenvalue weighted by Crippen LogP contribution is -3.14. The second-order valence-corrected chi connectivity index (χ2v) is 4.64. The minimum Gasteiger partial charge on any atom is -0.456 e. The van der Waals surface area contributed by atoms with E-state index >= 15 is 0 Å². The number of halogens is 1. The average molecular weight is 271 g/mol. The summed E-state index contributed by atoms with van der Waals surface area (Å²) in [5.74, 6) is -0.353. The summed E-state index contributed by atoms with van der Waals surface area (Å²) in [7, 11) is 0. The number of nitrogens with one attached hydrogen (secondary N) is 1. The molecule has 0 spiro atoms. The summed E-state index contributed by atoms with van der Waals surface area (Å²) in [5, 5.41) is 0.432. The SMILES string of the molecule is O=C(OCC[NH+]1CCOCC1)c1ccccc1Cl. The van der Waals surface area contributed by atoms with Gasteiger partial charge in [-0.1, -0.05) is 23.7 Å². The molecule has 2 rings (SSSR count). The van der Waals surface area contributed by atoms with Gasteiger partial charge in [0, 0.05) is 0 Å². The molecule has 0 atom stereocenters. The fourth-order valence-corrected chi connectivity index (χ4v) is 2.12. The Labute approximate surface area is 111 Å². The lowest BCUT2D eigenvalue weighted by atomic mass is 10.2. The van der Waals surface area contributed by atoms with E-state index in [2.05, 4.69) is 0 Å². The molecule has 0 unspecified atom stereocenters. The van der Waals surface area contributed by atoms with Crippen LogP contribution in [0.4, 0.5) is 0 Å². The Hall–Kier alpha value is -1.10. The number of carbonyl (C=O) groups is 1. The van der Waals surface area contributed by atoms with Gasteiger partial charge >= 0.3 is 5.97 Å². The number of carbonyl (C=O) groups excluding carboxylic acids is 1. The van der Waals surface area contributed by atoms with E-state index in [1.807, 2.05) is 0 Å². The third-order valence-corrected chi connectivity index (χ3v) is 3.31. The van der Waals surface area contributed by atoms with Crippen molar-refractivity contribution in [2.75, 3.05) is 39.5 Å². The summed E-state index contributed by atoms with van der Waals surface area (Å²) in [6, 6.07) is 6.92. The highest BCUT2D eigenvalue weighted by Gasteiger charge is 2.15. The molecule has 1 aliphatic heterocycles. The summed E-state index contributed by atoms with van der Waals surface area (Å²) < 4.78 is 10.5. The monoisotopic (exact) mass is 270 g/mol. The predicted molar refractivity (Wildman–Crippen MR) is 68.1 cm³/mol. The van der Waals surface area contributed by atoms with Crippen LogP contribution in [0.15, 0.2) is 24.3 Å². The lowest BCUT2D eigenvalue weighted by Gasteiger charge is -2.23. The van der Waals surface area contributed by atoms with Gasteiger partial charge in [0.1, 0.15) is 26.2 Å². The highest BCUT2D eigenvalue weighted by molar-refractivity contribution is 6.33. The molecule has 1 aliphatic rings. The molecule has 4 nitrogen and oxygen atoms in total. The maximum atomic E-state index is 11.8. The fourth-order valence-electron chi connectivity index (χ4n) is 1.90. The molecule has 1 aromatic rings. The second kappa shape index (κ2) is 6.73. The number of ether oxygens (including phenoxy) is 2. The van der Waals surface area contributed by atoms with Crippen molar-refractivity contribution in [1.82, 2.24) is 0 Å². The Morgan fingerprint density at radius 1 is 1.33 bits per heavy atom. The molecule has 0 bridgehead atoms. The zero-order valence-corrected chi connectivity index (χ0v) is 10.9. The largest absolute Gasteiger partial charge is 0.456 e. The van der Waals surface area contributed by atoms with E-state index in [4.69, 9.17) is 21.1 Å². The summed E-state index contributed by atoms with van der Waals surface area (Å²) in [5.41, 5.74) is 0.427. The molecule has 1 N–H and O–H groups in total. The first-order chi connectivity index (χ1) is 8.77. The van der Waals surface area contributed by atoms with Gasteiger partial charge in [-0.05, 0) is 12.1 Å². The minimum absolute atomic E-state index is 0.353. The minimum atomic E-state index is -0.353. The number of quaternary nitrogens is 1. The number of hydrogen-bond acceptors (Lipinski definition) is 3. The standard InChI is InChI=1S/C13H16ClNO3/c14-12-4-2-1-3-11(12)13(16)18-10-7-15-5-8-17-9-6-15/h1-4H,5-10H2/p+1. The summed E-state index contributed by atoms with van der Waals surface area (Å²) in [6.07, 6.45) is 0. The number of hydrogen-bond donors (Lipinski definition) is 1. The highest BCUT2D eigenvalue weighted by Crippen LogP contribution is 2.15. The predicted octanol–water partition coefficient (Wildman–Crippen LogP) is 0.412. The van der Waals surface area contributed by atoms with Crippen molar-refractivity contribution in [2.24, 2.45) is 0 Å². The molecule has 0 radical (unpaired) electrons. The lowest BCUT2D eigenvalue weighted by molar-refractivity contribution is -0.908. The van der Waals surface area contributed by atoms with Gasteiger partial charge < -0.3 is 14.4 Å². The van der Waals surface area contributed by atoms with Crippen LogP contribution < -0.4 is 4.90 Å². The Balaban J connectivity index is 1.76. The van der Waals surface area contributed by atoms with Crippen molar-refractivity contribution >= 4 is 17.6 Å². The third-order valence-electron chi connectivity index (χ3n) is 2.98. The van der Waals surface area contributed by atoms with Gasteiger partial charge in [0.15, 0.2) is 0 Å². The zero-order valence-electron chi connectivity index (χ0n) is 10.2.